The van der Waals surface area contributed by atoms with Crippen molar-refractivity contribution in [3.8, 4) is 6.07 Å². The molecule has 0 aromatic carbocycles. The number of hydrogen-bond donors (Lipinski definition) is 1. The van der Waals surface area contributed by atoms with Gasteiger partial charge < -0.3 is 5.73 Å². The molecule has 1 rings (SSSR count). The second-order valence-corrected chi connectivity index (χ2v) is 2.75. The van der Waals surface area contributed by atoms with Gasteiger partial charge in [0.25, 0.3) is 0 Å². The fourth-order valence-corrected chi connectivity index (χ4v) is 1.41. The Kier molecular flexibility index (Phi) is 1.60. The van der Waals surface area contributed by atoms with E-state index in [0.29, 0.717) is 15.6 Å². The van der Waals surface area contributed by atoms with Gasteiger partial charge in [-0.1, -0.05) is 11.6 Å². The lowest BCUT2D eigenvalue weighted by Crippen LogP contribution is -1.81. The third-order valence-corrected chi connectivity index (χ3v) is 2.13. The number of nitrogen functional groups attached to an aromatic ring is 1. The Morgan fingerprint density at radius 2 is 2.44 bits per heavy atom. The van der Waals surface area contributed by atoms with Crippen LogP contribution in [0.3, 0.4) is 0 Å². The van der Waals surface area contributed by atoms with E-state index in [4.69, 9.17) is 22.6 Å². The maximum Gasteiger partial charge on any atom is 0.105 e. The topological polar surface area (TPSA) is 49.8 Å². The molecule has 46 valence electrons. The van der Waals surface area contributed by atoms with E-state index in [2.05, 4.69) is 0 Å². The first-order valence-electron chi connectivity index (χ1n) is 2.18. The molecule has 4 heteroatoms. The first kappa shape index (κ1) is 6.40. The number of hydrogen-bond acceptors (Lipinski definition) is 3. The number of anilines is 1. The molecule has 2 nitrogen and oxygen atoms in total. The van der Waals surface area contributed by atoms with Crippen molar-refractivity contribution in [1.82, 2.24) is 0 Å². The van der Waals surface area contributed by atoms with Gasteiger partial charge >= 0.3 is 0 Å². The SMILES string of the molecule is N#Cc1c(Cl)csc1N. The summed E-state index contributed by atoms with van der Waals surface area (Å²) in [7, 11) is 0. The lowest BCUT2D eigenvalue weighted by atomic mass is 10.3. The van der Waals surface area contributed by atoms with Crippen LogP contribution in [-0.2, 0) is 0 Å². The zero-order valence-electron chi connectivity index (χ0n) is 4.39. The van der Waals surface area contributed by atoms with Crippen molar-refractivity contribution in [3.63, 3.8) is 0 Å². The van der Waals surface area contributed by atoms with Gasteiger partial charge in [0.05, 0.1) is 5.02 Å². The van der Waals surface area contributed by atoms with E-state index in [0.717, 1.165) is 0 Å². The minimum absolute atomic E-state index is 0.390. The summed E-state index contributed by atoms with van der Waals surface area (Å²) in [5, 5.41) is 11.0. The van der Waals surface area contributed by atoms with Gasteiger partial charge in [0.1, 0.15) is 16.6 Å². The molecular weight excluding hydrogens is 156 g/mol. The van der Waals surface area contributed by atoms with Crippen molar-refractivity contribution in [3.05, 3.63) is 16.0 Å². The molecule has 2 N–H and O–H groups in total. The van der Waals surface area contributed by atoms with Crippen LogP contribution in [0.2, 0.25) is 5.02 Å². The number of nitriles is 1. The van der Waals surface area contributed by atoms with E-state index >= 15 is 0 Å². The third-order valence-electron chi connectivity index (χ3n) is 0.886. The Balaban J connectivity index is 3.27. The molecule has 9 heavy (non-hydrogen) atoms. The minimum atomic E-state index is 0.390. The molecule has 0 aliphatic rings. The maximum atomic E-state index is 8.38. The van der Waals surface area contributed by atoms with Crippen LogP contribution in [0.1, 0.15) is 5.56 Å². The summed E-state index contributed by atoms with van der Waals surface area (Å²) >= 11 is 6.83. The molecule has 0 fully saturated rings. The van der Waals surface area contributed by atoms with Crippen LogP contribution in [0, 0.1) is 11.3 Å². The highest BCUT2D eigenvalue weighted by molar-refractivity contribution is 7.14. The van der Waals surface area contributed by atoms with Gasteiger partial charge in [-0.05, 0) is 0 Å². The van der Waals surface area contributed by atoms with Gasteiger partial charge in [-0.2, -0.15) is 5.26 Å². The van der Waals surface area contributed by atoms with Crippen LogP contribution < -0.4 is 5.73 Å². The predicted octanol–water partition coefficient (Wildman–Crippen LogP) is 1.86. The molecule has 0 amide bonds. The standard InChI is InChI=1S/C5H3ClN2S/c6-4-2-9-5(8)3(4)1-7/h2H,8H2. The highest BCUT2D eigenvalue weighted by Gasteiger charge is 2.04. The predicted molar refractivity (Wildman–Crippen MR) is 38.5 cm³/mol. The fourth-order valence-electron chi connectivity index (χ4n) is 0.459. The van der Waals surface area contributed by atoms with Crippen molar-refractivity contribution in [1.29, 1.82) is 5.26 Å². The summed E-state index contributed by atoms with van der Waals surface area (Å²) < 4.78 is 0. The highest BCUT2D eigenvalue weighted by atomic mass is 35.5. The molecule has 1 aromatic rings. The number of thiophene rings is 1. The number of rotatable bonds is 0. The molecule has 0 unspecified atom stereocenters. The molecular formula is C5H3ClN2S. The van der Waals surface area contributed by atoms with Crippen LogP contribution in [0.4, 0.5) is 5.00 Å². The Bertz CT molecular complexity index is 241. The van der Waals surface area contributed by atoms with Gasteiger partial charge in [0.15, 0.2) is 0 Å². The van der Waals surface area contributed by atoms with E-state index in [9.17, 15) is 0 Å². The molecule has 0 saturated heterocycles. The van der Waals surface area contributed by atoms with E-state index in [1.165, 1.54) is 11.3 Å². The summed E-state index contributed by atoms with van der Waals surface area (Å²) in [5.74, 6) is 0. The first-order valence-corrected chi connectivity index (χ1v) is 3.44. The Morgan fingerprint density at radius 3 is 2.67 bits per heavy atom. The van der Waals surface area contributed by atoms with Gasteiger partial charge in [-0.15, -0.1) is 11.3 Å². The summed E-state index contributed by atoms with van der Waals surface area (Å²) in [6.45, 7) is 0. The molecule has 0 radical (unpaired) electrons. The Morgan fingerprint density at radius 1 is 1.78 bits per heavy atom. The van der Waals surface area contributed by atoms with Gasteiger partial charge in [-0.25, -0.2) is 0 Å². The number of nitrogens with zero attached hydrogens (tertiary/aromatic N) is 1. The van der Waals surface area contributed by atoms with Gasteiger partial charge in [-0.3, -0.25) is 0 Å². The largest absolute Gasteiger partial charge is 0.389 e. The van der Waals surface area contributed by atoms with Crippen molar-refractivity contribution in [2.45, 2.75) is 0 Å². The highest BCUT2D eigenvalue weighted by Crippen LogP contribution is 2.27. The third kappa shape index (κ3) is 0.995. The normalized spacial score (nSPS) is 8.89. The average molecular weight is 159 g/mol. The maximum absolute atomic E-state index is 8.38. The van der Waals surface area contributed by atoms with E-state index in [1.54, 1.807) is 5.38 Å². The van der Waals surface area contributed by atoms with E-state index < -0.39 is 0 Å². The van der Waals surface area contributed by atoms with Crippen LogP contribution in [0.15, 0.2) is 5.38 Å². The summed E-state index contributed by atoms with van der Waals surface area (Å²) in [4.78, 5) is 0. The molecule has 0 atom stereocenters. The summed E-state index contributed by atoms with van der Waals surface area (Å²) in [5.41, 5.74) is 5.75. The Labute approximate surface area is 61.5 Å². The fraction of sp³-hybridized carbons (Fsp3) is 0. The van der Waals surface area contributed by atoms with Crippen LogP contribution in [0.5, 0.6) is 0 Å². The minimum Gasteiger partial charge on any atom is -0.389 e. The number of halogens is 1. The molecule has 0 saturated carbocycles. The van der Waals surface area contributed by atoms with Crippen molar-refractivity contribution < 1.29 is 0 Å². The molecule has 0 spiro atoms. The molecule has 1 aromatic heterocycles. The molecule has 0 aliphatic carbocycles. The van der Waals surface area contributed by atoms with Crippen molar-refractivity contribution >= 4 is 27.9 Å². The average Bonchev–Trinajstić information content (AvgIpc) is 2.12. The van der Waals surface area contributed by atoms with Crippen LogP contribution >= 0.6 is 22.9 Å². The lowest BCUT2D eigenvalue weighted by molar-refractivity contribution is 1.51. The second kappa shape index (κ2) is 2.26. The quantitative estimate of drug-likeness (QED) is 0.627. The molecule has 0 aliphatic heterocycles. The zero-order valence-corrected chi connectivity index (χ0v) is 5.96. The second-order valence-electron chi connectivity index (χ2n) is 1.43. The molecule has 0 bridgehead atoms. The Hall–Kier alpha value is -0.720. The zero-order chi connectivity index (χ0) is 6.85. The lowest BCUT2D eigenvalue weighted by Gasteiger charge is -1.81. The van der Waals surface area contributed by atoms with Gasteiger partial charge in [0.2, 0.25) is 0 Å². The van der Waals surface area contributed by atoms with Crippen LogP contribution in [-0.4, -0.2) is 0 Å². The van der Waals surface area contributed by atoms with Crippen molar-refractivity contribution in [2.75, 3.05) is 5.73 Å². The smallest absolute Gasteiger partial charge is 0.105 e. The van der Waals surface area contributed by atoms with Gasteiger partial charge in [0, 0.05) is 5.38 Å². The summed E-state index contributed by atoms with van der Waals surface area (Å²) in [6, 6.07) is 1.90. The number of nitrogens with two attached hydrogens (primary N) is 1. The van der Waals surface area contributed by atoms with Crippen LogP contribution in [0.25, 0.3) is 0 Å². The van der Waals surface area contributed by atoms with E-state index in [1.807, 2.05) is 6.07 Å². The first-order chi connectivity index (χ1) is 4.25. The monoisotopic (exact) mass is 158 g/mol. The summed E-state index contributed by atoms with van der Waals surface area (Å²) in [6.07, 6.45) is 0. The molecule has 1 heterocycles. The van der Waals surface area contributed by atoms with Crippen molar-refractivity contribution in [2.24, 2.45) is 0 Å². The van der Waals surface area contributed by atoms with E-state index in [-0.39, 0.29) is 0 Å².